The van der Waals surface area contributed by atoms with Gasteiger partial charge in [0.05, 0.1) is 6.04 Å². The van der Waals surface area contributed by atoms with E-state index in [1.807, 2.05) is 91.0 Å². The molecule has 4 aromatic rings. The summed E-state index contributed by atoms with van der Waals surface area (Å²) in [5.41, 5.74) is 2.78. The number of halogens is 1. The fourth-order valence-corrected chi connectivity index (χ4v) is 4.59. The molecule has 1 heterocycles. The van der Waals surface area contributed by atoms with Crippen LogP contribution in [0, 0.1) is 5.82 Å². The lowest BCUT2D eigenvalue weighted by molar-refractivity contribution is -0.131. The molecule has 0 saturated carbocycles. The Labute approximate surface area is 175 Å². The van der Waals surface area contributed by atoms with Crippen LogP contribution in [0.2, 0.25) is 0 Å². The minimum Gasteiger partial charge on any atom is -0.302 e. The maximum absolute atomic E-state index is 14.0. The Morgan fingerprint density at radius 3 is 1.60 bits per heavy atom. The van der Waals surface area contributed by atoms with Crippen molar-refractivity contribution in [1.29, 1.82) is 0 Å². The summed E-state index contributed by atoms with van der Waals surface area (Å²) in [6.07, 6.45) is 0. The molecule has 0 aromatic heterocycles. The van der Waals surface area contributed by atoms with E-state index in [9.17, 15) is 9.18 Å². The zero-order valence-corrected chi connectivity index (χ0v) is 16.3. The third kappa shape index (κ3) is 2.66. The molecule has 2 nitrogen and oxygen atoms in total. The lowest BCUT2D eigenvalue weighted by atomic mass is 9.59. The highest BCUT2D eigenvalue weighted by Crippen LogP contribution is 2.57. The van der Waals surface area contributed by atoms with Crippen molar-refractivity contribution in [1.82, 2.24) is 0 Å². The highest BCUT2D eigenvalue weighted by Gasteiger charge is 2.63. The summed E-state index contributed by atoms with van der Waals surface area (Å²) in [5, 5.41) is 0. The van der Waals surface area contributed by atoms with Gasteiger partial charge < -0.3 is 4.90 Å². The second-order valence-corrected chi connectivity index (χ2v) is 7.50. The van der Waals surface area contributed by atoms with E-state index in [-0.39, 0.29) is 17.8 Å². The van der Waals surface area contributed by atoms with Crippen LogP contribution in [0.25, 0.3) is 0 Å². The average Bonchev–Trinajstić information content (AvgIpc) is 2.81. The molecule has 1 fully saturated rings. The van der Waals surface area contributed by atoms with E-state index >= 15 is 0 Å². The third-order valence-electron chi connectivity index (χ3n) is 5.90. The number of carbonyl (C=O) groups excluding carboxylic acids is 1. The van der Waals surface area contributed by atoms with Gasteiger partial charge in [-0.1, -0.05) is 91.0 Å². The van der Waals surface area contributed by atoms with Gasteiger partial charge in [-0.3, -0.25) is 4.79 Å². The number of rotatable bonds is 4. The number of carbonyl (C=O) groups is 1. The number of anilines is 1. The van der Waals surface area contributed by atoms with Crippen molar-refractivity contribution in [2.75, 3.05) is 4.90 Å². The number of hydrogen-bond donors (Lipinski definition) is 0. The Hall–Kier alpha value is -3.72. The molecule has 5 rings (SSSR count). The molecule has 1 unspecified atom stereocenters. The summed E-state index contributed by atoms with van der Waals surface area (Å²) < 4.78 is 13.6. The lowest BCUT2D eigenvalue weighted by Gasteiger charge is -2.57. The lowest BCUT2D eigenvalue weighted by Crippen LogP contribution is -2.67. The molecule has 1 aliphatic rings. The molecule has 1 atom stereocenters. The standard InChI is InChI=1S/C27H20FNO/c28-23-16-18-24(19-17-23)29-25(20-10-4-1-5-11-20)27(26(29)30,21-12-6-2-7-13-21)22-14-8-3-9-15-22/h1-19,25H. The van der Waals surface area contributed by atoms with Crippen LogP contribution in [-0.2, 0) is 10.2 Å². The van der Waals surface area contributed by atoms with Crippen LogP contribution in [0.15, 0.2) is 115 Å². The Kier molecular flexibility index (Phi) is 4.44. The Morgan fingerprint density at radius 2 is 1.10 bits per heavy atom. The first-order valence-electron chi connectivity index (χ1n) is 9.98. The molecule has 0 aliphatic carbocycles. The maximum atomic E-state index is 14.0. The number of hydrogen-bond acceptors (Lipinski definition) is 1. The van der Waals surface area contributed by atoms with Crippen LogP contribution >= 0.6 is 0 Å². The minimum atomic E-state index is -0.849. The molecule has 1 amide bonds. The quantitative estimate of drug-likeness (QED) is 0.395. The van der Waals surface area contributed by atoms with E-state index in [1.165, 1.54) is 12.1 Å². The van der Waals surface area contributed by atoms with Crippen molar-refractivity contribution in [2.45, 2.75) is 11.5 Å². The first kappa shape index (κ1) is 18.3. The predicted octanol–water partition coefficient (Wildman–Crippen LogP) is 5.90. The predicted molar refractivity (Wildman–Crippen MR) is 117 cm³/mol. The monoisotopic (exact) mass is 393 g/mol. The molecule has 1 aliphatic heterocycles. The summed E-state index contributed by atoms with van der Waals surface area (Å²) in [5.74, 6) is -0.333. The van der Waals surface area contributed by atoms with Crippen LogP contribution in [-0.4, -0.2) is 5.91 Å². The number of β-lactam (4-membered cyclic amide) rings is 1. The number of nitrogens with zero attached hydrogens (tertiary/aromatic N) is 1. The zero-order chi connectivity index (χ0) is 20.6. The molecule has 3 heteroatoms. The summed E-state index contributed by atoms with van der Waals surface area (Å²) in [7, 11) is 0. The summed E-state index contributed by atoms with van der Waals surface area (Å²) in [6, 6.07) is 35.8. The Bertz CT molecular complexity index is 1120. The Balaban J connectivity index is 1.77. The second kappa shape index (κ2) is 7.27. The van der Waals surface area contributed by atoms with E-state index in [1.54, 1.807) is 17.0 Å². The molecule has 30 heavy (non-hydrogen) atoms. The summed E-state index contributed by atoms with van der Waals surface area (Å²) in [6.45, 7) is 0. The number of benzene rings is 4. The highest BCUT2D eigenvalue weighted by molar-refractivity contribution is 6.12. The molecule has 4 aromatic carbocycles. The van der Waals surface area contributed by atoms with E-state index in [2.05, 4.69) is 0 Å². The van der Waals surface area contributed by atoms with Crippen LogP contribution in [0.4, 0.5) is 10.1 Å². The van der Waals surface area contributed by atoms with Gasteiger partial charge in [0.15, 0.2) is 0 Å². The molecule has 0 radical (unpaired) electrons. The first-order chi connectivity index (χ1) is 14.7. The van der Waals surface area contributed by atoms with Gasteiger partial charge in [0, 0.05) is 5.69 Å². The largest absolute Gasteiger partial charge is 0.302 e. The molecule has 0 bridgehead atoms. The van der Waals surface area contributed by atoms with Gasteiger partial charge in [-0.05, 0) is 41.0 Å². The average molecular weight is 393 g/mol. The van der Waals surface area contributed by atoms with Gasteiger partial charge in [0.2, 0.25) is 5.91 Å². The molecule has 1 saturated heterocycles. The first-order valence-corrected chi connectivity index (χ1v) is 9.98. The van der Waals surface area contributed by atoms with E-state index in [0.29, 0.717) is 5.69 Å². The van der Waals surface area contributed by atoms with Gasteiger partial charge in [0.1, 0.15) is 11.2 Å². The summed E-state index contributed by atoms with van der Waals surface area (Å²) >= 11 is 0. The zero-order valence-electron chi connectivity index (χ0n) is 16.3. The van der Waals surface area contributed by atoms with Crippen molar-refractivity contribution in [2.24, 2.45) is 0 Å². The second-order valence-electron chi connectivity index (χ2n) is 7.50. The minimum absolute atomic E-state index is 0.0136. The molecular weight excluding hydrogens is 373 g/mol. The van der Waals surface area contributed by atoms with E-state index < -0.39 is 5.41 Å². The van der Waals surface area contributed by atoms with Gasteiger partial charge in [0.25, 0.3) is 0 Å². The molecule has 146 valence electrons. The highest BCUT2D eigenvalue weighted by atomic mass is 19.1. The van der Waals surface area contributed by atoms with Gasteiger partial charge in [-0.25, -0.2) is 4.39 Å². The van der Waals surface area contributed by atoms with Crippen LogP contribution < -0.4 is 4.90 Å². The third-order valence-corrected chi connectivity index (χ3v) is 5.90. The van der Waals surface area contributed by atoms with Gasteiger partial charge in [-0.2, -0.15) is 0 Å². The van der Waals surface area contributed by atoms with Gasteiger partial charge in [-0.15, -0.1) is 0 Å². The summed E-state index contributed by atoms with van der Waals surface area (Å²) in [4.78, 5) is 15.8. The SMILES string of the molecule is O=C1N(c2ccc(F)cc2)C(c2ccccc2)C1(c1ccccc1)c1ccccc1. The molecule has 0 N–H and O–H groups in total. The van der Waals surface area contributed by atoms with Crippen molar-refractivity contribution in [3.63, 3.8) is 0 Å². The van der Waals surface area contributed by atoms with Crippen molar-refractivity contribution in [3.8, 4) is 0 Å². The van der Waals surface area contributed by atoms with Crippen LogP contribution in [0.3, 0.4) is 0 Å². The van der Waals surface area contributed by atoms with E-state index in [0.717, 1.165) is 16.7 Å². The normalized spacial score (nSPS) is 17.4. The van der Waals surface area contributed by atoms with Crippen LogP contribution in [0.1, 0.15) is 22.7 Å². The topological polar surface area (TPSA) is 20.3 Å². The fraction of sp³-hybridized carbons (Fsp3) is 0.0741. The van der Waals surface area contributed by atoms with Crippen molar-refractivity contribution >= 4 is 11.6 Å². The molecular formula is C27H20FNO. The maximum Gasteiger partial charge on any atom is 0.245 e. The Morgan fingerprint density at radius 1 is 0.633 bits per heavy atom. The fourth-order valence-electron chi connectivity index (χ4n) is 4.59. The smallest absolute Gasteiger partial charge is 0.245 e. The molecule has 0 spiro atoms. The van der Waals surface area contributed by atoms with Crippen molar-refractivity contribution < 1.29 is 9.18 Å². The van der Waals surface area contributed by atoms with E-state index in [4.69, 9.17) is 0 Å². The van der Waals surface area contributed by atoms with Crippen LogP contribution in [0.5, 0.6) is 0 Å². The number of amides is 1. The van der Waals surface area contributed by atoms with Gasteiger partial charge >= 0.3 is 0 Å². The van der Waals surface area contributed by atoms with Crippen molar-refractivity contribution in [3.05, 3.63) is 138 Å².